The molecule has 0 aromatic heterocycles. The van der Waals surface area contributed by atoms with Crippen LogP contribution in [0.3, 0.4) is 0 Å². The Labute approximate surface area is 118 Å². The fourth-order valence-electron chi connectivity index (χ4n) is 1.76. The van der Waals surface area contributed by atoms with E-state index >= 15 is 0 Å². The summed E-state index contributed by atoms with van der Waals surface area (Å²) in [5.74, 6) is 5.08. The second-order valence-electron chi connectivity index (χ2n) is 4.23. The smallest absolute Gasteiger partial charge is 0.254 e. The van der Waals surface area contributed by atoms with Gasteiger partial charge >= 0.3 is 0 Å². The first-order valence-electron chi connectivity index (χ1n) is 6.35. The molecule has 5 nitrogen and oxygen atoms in total. The molecule has 5 heteroatoms. The van der Waals surface area contributed by atoms with E-state index in [-0.39, 0.29) is 38.8 Å². The summed E-state index contributed by atoms with van der Waals surface area (Å²) in [6.07, 6.45) is 0. The third-order valence-electron chi connectivity index (χ3n) is 2.81. The first kappa shape index (κ1) is 16.2. The second kappa shape index (κ2) is 8.33. The molecule has 1 rings (SSSR count). The van der Waals surface area contributed by atoms with Crippen LogP contribution in [0.2, 0.25) is 0 Å². The predicted octanol–water partition coefficient (Wildman–Crippen LogP) is -0.234. The number of carbonyl (C=O) groups is 1. The van der Waals surface area contributed by atoms with E-state index in [2.05, 4.69) is 11.8 Å². The van der Waals surface area contributed by atoms with Crippen molar-refractivity contribution in [3.63, 3.8) is 0 Å². The van der Waals surface area contributed by atoms with Gasteiger partial charge in [-0.05, 0) is 24.6 Å². The van der Waals surface area contributed by atoms with Gasteiger partial charge in [-0.1, -0.05) is 17.9 Å². The molecule has 0 atom stereocenters. The lowest BCUT2D eigenvalue weighted by atomic mass is 10.0. The van der Waals surface area contributed by atoms with Crippen LogP contribution in [-0.2, 0) is 0 Å². The summed E-state index contributed by atoms with van der Waals surface area (Å²) >= 11 is 0. The number of aryl methyl sites for hydroxylation is 1. The van der Waals surface area contributed by atoms with Gasteiger partial charge in [-0.2, -0.15) is 0 Å². The van der Waals surface area contributed by atoms with Crippen molar-refractivity contribution in [3.8, 4) is 11.8 Å². The summed E-state index contributed by atoms with van der Waals surface area (Å²) in [6.45, 7) is 1.66. The second-order valence-corrected chi connectivity index (χ2v) is 4.23. The fourth-order valence-corrected chi connectivity index (χ4v) is 1.76. The van der Waals surface area contributed by atoms with Gasteiger partial charge in [-0.25, -0.2) is 0 Å². The number of aliphatic hydroxyl groups is 3. The van der Waals surface area contributed by atoms with Crippen molar-refractivity contribution in [3.05, 3.63) is 34.9 Å². The van der Waals surface area contributed by atoms with Crippen LogP contribution in [0.1, 0.15) is 21.5 Å². The Bertz CT molecular complexity index is 510. The molecule has 0 spiro atoms. The van der Waals surface area contributed by atoms with Crippen molar-refractivity contribution in [1.82, 2.24) is 4.90 Å². The van der Waals surface area contributed by atoms with Gasteiger partial charge in [0.15, 0.2) is 0 Å². The first-order valence-corrected chi connectivity index (χ1v) is 6.35. The average Bonchev–Trinajstić information content (AvgIpc) is 2.45. The fraction of sp³-hybridized carbons (Fsp3) is 0.400. The van der Waals surface area contributed by atoms with Gasteiger partial charge in [-0.3, -0.25) is 4.79 Å². The van der Waals surface area contributed by atoms with Crippen LogP contribution in [0.15, 0.2) is 18.2 Å². The molecule has 0 aliphatic carbocycles. The summed E-state index contributed by atoms with van der Waals surface area (Å²) in [6, 6.07) is 5.12. The van der Waals surface area contributed by atoms with E-state index in [0.29, 0.717) is 11.1 Å². The minimum Gasteiger partial charge on any atom is -0.395 e. The Morgan fingerprint density at radius 3 is 2.40 bits per heavy atom. The van der Waals surface area contributed by atoms with E-state index < -0.39 is 0 Å². The number of hydrogen-bond donors (Lipinski definition) is 3. The van der Waals surface area contributed by atoms with Crippen LogP contribution >= 0.6 is 0 Å². The van der Waals surface area contributed by atoms with Crippen molar-refractivity contribution >= 4 is 5.91 Å². The number of rotatable bonds is 5. The molecule has 0 saturated carbocycles. The van der Waals surface area contributed by atoms with Crippen LogP contribution in [0.25, 0.3) is 0 Å². The minimum atomic E-state index is -0.264. The molecule has 20 heavy (non-hydrogen) atoms. The Balaban J connectivity index is 3.02. The average molecular weight is 277 g/mol. The molecule has 0 heterocycles. The van der Waals surface area contributed by atoms with Gasteiger partial charge in [0.1, 0.15) is 6.61 Å². The molecule has 0 radical (unpaired) electrons. The van der Waals surface area contributed by atoms with Crippen molar-refractivity contribution in [2.24, 2.45) is 0 Å². The van der Waals surface area contributed by atoms with Gasteiger partial charge in [0.05, 0.1) is 13.2 Å². The quantitative estimate of drug-likeness (QED) is 0.649. The van der Waals surface area contributed by atoms with Gasteiger partial charge in [0.2, 0.25) is 0 Å². The maximum atomic E-state index is 12.3. The molecule has 3 N–H and O–H groups in total. The topological polar surface area (TPSA) is 81.0 Å². The van der Waals surface area contributed by atoms with Gasteiger partial charge in [-0.15, -0.1) is 0 Å². The third kappa shape index (κ3) is 4.35. The molecule has 0 aliphatic heterocycles. The standard InChI is InChI=1S/C15H19NO4/c1-12-4-5-14(11-13(12)3-2-8-17)15(20)16(6-9-18)7-10-19/h4-5,11,17-19H,6-10H2,1H3. The Hall–Kier alpha value is -1.87. The Morgan fingerprint density at radius 2 is 1.85 bits per heavy atom. The van der Waals surface area contributed by atoms with Gasteiger partial charge < -0.3 is 20.2 Å². The van der Waals surface area contributed by atoms with Gasteiger partial charge in [0.25, 0.3) is 5.91 Å². The highest BCUT2D eigenvalue weighted by Gasteiger charge is 2.15. The Morgan fingerprint density at radius 1 is 1.20 bits per heavy atom. The highest BCUT2D eigenvalue weighted by Crippen LogP contribution is 2.12. The van der Waals surface area contributed by atoms with E-state index in [1.54, 1.807) is 18.2 Å². The lowest BCUT2D eigenvalue weighted by Gasteiger charge is -2.20. The molecule has 1 amide bonds. The molecule has 0 unspecified atom stereocenters. The van der Waals surface area contributed by atoms with E-state index in [1.165, 1.54) is 4.90 Å². The summed E-state index contributed by atoms with van der Waals surface area (Å²) in [7, 11) is 0. The summed E-state index contributed by atoms with van der Waals surface area (Å²) in [4.78, 5) is 13.7. The number of aliphatic hydroxyl groups excluding tert-OH is 3. The zero-order chi connectivity index (χ0) is 15.0. The molecule has 0 saturated heterocycles. The lowest BCUT2D eigenvalue weighted by Crippen LogP contribution is -2.35. The summed E-state index contributed by atoms with van der Waals surface area (Å²) in [5.41, 5.74) is 2.04. The lowest BCUT2D eigenvalue weighted by molar-refractivity contribution is 0.0685. The zero-order valence-corrected chi connectivity index (χ0v) is 11.5. The van der Waals surface area contributed by atoms with Gasteiger partial charge in [0, 0.05) is 24.2 Å². The molecular weight excluding hydrogens is 258 g/mol. The van der Waals surface area contributed by atoms with Crippen molar-refractivity contribution in [2.45, 2.75) is 6.92 Å². The van der Waals surface area contributed by atoms with Crippen LogP contribution < -0.4 is 0 Å². The highest BCUT2D eigenvalue weighted by molar-refractivity contribution is 5.94. The van der Waals surface area contributed by atoms with E-state index in [4.69, 9.17) is 15.3 Å². The van der Waals surface area contributed by atoms with Crippen LogP contribution in [0, 0.1) is 18.8 Å². The molecule has 1 aromatic carbocycles. The molecule has 0 fully saturated rings. The number of amides is 1. The van der Waals surface area contributed by atoms with Crippen LogP contribution in [0.4, 0.5) is 0 Å². The van der Waals surface area contributed by atoms with Crippen molar-refractivity contribution < 1.29 is 20.1 Å². The highest BCUT2D eigenvalue weighted by atomic mass is 16.3. The molecule has 0 aliphatic rings. The molecule has 108 valence electrons. The van der Waals surface area contributed by atoms with E-state index in [9.17, 15) is 4.79 Å². The minimum absolute atomic E-state index is 0.158. The largest absolute Gasteiger partial charge is 0.395 e. The predicted molar refractivity (Wildman–Crippen MR) is 75.2 cm³/mol. The molecule has 0 bridgehead atoms. The Kier molecular flexibility index (Phi) is 6.74. The number of benzene rings is 1. The number of hydrogen-bond acceptors (Lipinski definition) is 4. The summed E-state index contributed by atoms with van der Waals surface area (Å²) < 4.78 is 0. The van der Waals surface area contributed by atoms with Crippen LogP contribution in [-0.4, -0.2) is 59.0 Å². The molecule has 1 aromatic rings. The first-order chi connectivity index (χ1) is 9.63. The monoisotopic (exact) mass is 277 g/mol. The van der Waals surface area contributed by atoms with Crippen molar-refractivity contribution in [1.29, 1.82) is 0 Å². The van der Waals surface area contributed by atoms with E-state index in [0.717, 1.165) is 5.56 Å². The van der Waals surface area contributed by atoms with Crippen molar-refractivity contribution in [2.75, 3.05) is 32.9 Å². The molecular formula is C15H19NO4. The summed E-state index contributed by atoms with van der Waals surface area (Å²) in [5, 5.41) is 26.6. The SMILES string of the molecule is Cc1ccc(C(=O)N(CCO)CCO)cc1C#CCO. The maximum absolute atomic E-state index is 12.3. The number of nitrogens with zero attached hydrogens (tertiary/aromatic N) is 1. The van der Waals surface area contributed by atoms with Crippen LogP contribution in [0.5, 0.6) is 0 Å². The zero-order valence-electron chi connectivity index (χ0n) is 11.5. The number of carbonyl (C=O) groups excluding carboxylic acids is 1. The maximum Gasteiger partial charge on any atom is 0.254 e. The van der Waals surface area contributed by atoms with E-state index in [1.807, 2.05) is 6.92 Å². The normalized spacial score (nSPS) is 9.80. The third-order valence-corrected chi connectivity index (χ3v) is 2.81.